The molecule has 0 aliphatic heterocycles. The van der Waals surface area contributed by atoms with E-state index in [2.05, 4.69) is 18.2 Å². The third-order valence-corrected chi connectivity index (χ3v) is 2.55. The SMILES string of the molecule is Cc1ccc(C)c(CC[C@H](N)C(=O)O)c1. The Morgan fingerprint density at radius 1 is 1.47 bits per heavy atom. The second kappa shape index (κ2) is 4.94. The molecule has 0 radical (unpaired) electrons. The maximum absolute atomic E-state index is 10.5. The second-order valence-corrected chi connectivity index (χ2v) is 3.91. The Hall–Kier alpha value is -1.35. The highest BCUT2D eigenvalue weighted by Crippen LogP contribution is 2.13. The third kappa shape index (κ3) is 3.36. The first-order valence-corrected chi connectivity index (χ1v) is 5.05. The van der Waals surface area contributed by atoms with Crippen LogP contribution >= 0.6 is 0 Å². The minimum atomic E-state index is -0.930. The van der Waals surface area contributed by atoms with Crippen molar-refractivity contribution in [3.05, 3.63) is 34.9 Å². The molecule has 82 valence electrons. The highest BCUT2D eigenvalue weighted by atomic mass is 16.4. The lowest BCUT2D eigenvalue weighted by Crippen LogP contribution is -2.30. The Labute approximate surface area is 89.9 Å². The Bertz CT molecular complexity index is 361. The van der Waals surface area contributed by atoms with E-state index < -0.39 is 12.0 Å². The minimum Gasteiger partial charge on any atom is -0.480 e. The predicted octanol–water partition coefficient (Wildman–Crippen LogP) is 1.65. The number of benzene rings is 1. The number of rotatable bonds is 4. The summed E-state index contributed by atoms with van der Waals surface area (Å²) in [6.45, 7) is 4.06. The van der Waals surface area contributed by atoms with Gasteiger partial charge in [-0.05, 0) is 37.8 Å². The molecule has 1 rings (SSSR count). The molecule has 0 fully saturated rings. The number of aryl methyl sites for hydroxylation is 3. The van der Waals surface area contributed by atoms with Gasteiger partial charge in [-0.3, -0.25) is 4.79 Å². The smallest absolute Gasteiger partial charge is 0.320 e. The number of aliphatic carboxylic acids is 1. The van der Waals surface area contributed by atoms with E-state index in [0.29, 0.717) is 6.42 Å². The maximum atomic E-state index is 10.5. The van der Waals surface area contributed by atoms with Crippen molar-refractivity contribution in [2.45, 2.75) is 32.7 Å². The fraction of sp³-hybridized carbons (Fsp3) is 0.417. The lowest BCUT2D eigenvalue weighted by atomic mass is 9.99. The van der Waals surface area contributed by atoms with Gasteiger partial charge >= 0.3 is 5.97 Å². The van der Waals surface area contributed by atoms with Gasteiger partial charge in [0.25, 0.3) is 0 Å². The zero-order chi connectivity index (χ0) is 11.4. The quantitative estimate of drug-likeness (QED) is 0.789. The molecule has 0 unspecified atom stereocenters. The maximum Gasteiger partial charge on any atom is 0.320 e. The molecular weight excluding hydrogens is 190 g/mol. The summed E-state index contributed by atoms with van der Waals surface area (Å²) in [5.74, 6) is -0.930. The largest absolute Gasteiger partial charge is 0.480 e. The van der Waals surface area contributed by atoms with Crippen LogP contribution in [0.15, 0.2) is 18.2 Å². The van der Waals surface area contributed by atoms with Crippen LogP contribution in [-0.4, -0.2) is 17.1 Å². The Morgan fingerprint density at radius 2 is 2.13 bits per heavy atom. The van der Waals surface area contributed by atoms with Gasteiger partial charge in [-0.15, -0.1) is 0 Å². The predicted molar refractivity (Wildman–Crippen MR) is 59.8 cm³/mol. The molecule has 0 aliphatic rings. The van der Waals surface area contributed by atoms with E-state index in [-0.39, 0.29) is 0 Å². The molecule has 0 aliphatic carbocycles. The van der Waals surface area contributed by atoms with E-state index >= 15 is 0 Å². The average molecular weight is 207 g/mol. The summed E-state index contributed by atoms with van der Waals surface area (Å²) < 4.78 is 0. The fourth-order valence-corrected chi connectivity index (χ4v) is 1.50. The first-order valence-electron chi connectivity index (χ1n) is 5.05. The van der Waals surface area contributed by atoms with Crippen molar-refractivity contribution >= 4 is 5.97 Å². The van der Waals surface area contributed by atoms with Crippen LogP contribution in [0.5, 0.6) is 0 Å². The van der Waals surface area contributed by atoms with Gasteiger partial charge in [0.15, 0.2) is 0 Å². The first kappa shape index (κ1) is 11.7. The van der Waals surface area contributed by atoms with Gasteiger partial charge in [0, 0.05) is 0 Å². The molecular formula is C12H17NO2. The summed E-state index contributed by atoms with van der Waals surface area (Å²) in [5.41, 5.74) is 9.03. The molecule has 0 saturated carbocycles. The van der Waals surface area contributed by atoms with Crippen molar-refractivity contribution in [2.24, 2.45) is 5.73 Å². The van der Waals surface area contributed by atoms with Crippen molar-refractivity contribution < 1.29 is 9.90 Å². The van der Waals surface area contributed by atoms with E-state index in [9.17, 15) is 4.79 Å². The number of carbonyl (C=O) groups is 1. The summed E-state index contributed by atoms with van der Waals surface area (Å²) in [5, 5.41) is 8.66. The average Bonchev–Trinajstić information content (AvgIpc) is 2.18. The number of hydrogen-bond donors (Lipinski definition) is 2. The lowest BCUT2D eigenvalue weighted by Gasteiger charge is -2.09. The molecule has 1 aromatic rings. The molecule has 0 aromatic heterocycles. The van der Waals surface area contributed by atoms with Crippen molar-refractivity contribution in [1.29, 1.82) is 0 Å². The van der Waals surface area contributed by atoms with Crippen molar-refractivity contribution in [3.8, 4) is 0 Å². The van der Waals surface area contributed by atoms with E-state index in [1.165, 1.54) is 16.7 Å². The highest BCUT2D eigenvalue weighted by molar-refractivity contribution is 5.73. The zero-order valence-electron chi connectivity index (χ0n) is 9.16. The Kier molecular flexibility index (Phi) is 3.86. The summed E-state index contributed by atoms with van der Waals surface area (Å²) in [7, 11) is 0. The number of hydrogen-bond acceptors (Lipinski definition) is 2. The number of carboxylic acids is 1. The van der Waals surface area contributed by atoms with Gasteiger partial charge in [-0.25, -0.2) is 0 Å². The van der Waals surface area contributed by atoms with Crippen LogP contribution in [-0.2, 0) is 11.2 Å². The van der Waals surface area contributed by atoms with Crippen molar-refractivity contribution in [2.75, 3.05) is 0 Å². The molecule has 0 amide bonds. The Morgan fingerprint density at radius 3 is 2.73 bits per heavy atom. The van der Waals surface area contributed by atoms with E-state index in [1.807, 2.05) is 13.8 Å². The molecule has 3 heteroatoms. The standard InChI is InChI=1S/C12H17NO2/c1-8-3-4-9(2)10(7-8)5-6-11(13)12(14)15/h3-4,7,11H,5-6,13H2,1-2H3,(H,14,15)/t11-/m0/s1. The molecule has 0 saturated heterocycles. The lowest BCUT2D eigenvalue weighted by molar-refractivity contribution is -0.138. The molecule has 3 N–H and O–H groups in total. The fourth-order valence-electron chi connectivity index (χ4n) is 1.50. The number of nitrogens with two attached hydrogens (primary N) is 1. The van der Waals surface area contributed by atoms with E-state index in [0.717, 1.165) is 6.42 Å². The van der Waals surface area contributed by atoms with Crippen LogP contribution in [0.3, 0.4) is 0 Å². The molecule has 1 aromatic carbocycles. The monoisotopic (exact) mass is 207 g/mol. The normalized spacial score (nSPS) is 12.5. The molecule has 0 heterocycles. The first-order chi connectivity index (χ1) is 7.00. The topological polar surface area (TPSA) is 63.3 Å². The van der Waals surface area contributed by atoms with Gasteiger partial charge in [-0.2, -0.15) is 0 Å². The van der Waals surface area contributed by atoms with Crippen LogP contribution in [0, 0.1) is 13.8 Å². The molecule has 0 bridgehead atoms. The van der Waals surface area contributed by atoms with E-state index in [4.69, 9.17) is 10.8 Å². The van der Waals surface area contributed by atoms with Gasteiger partial charge in [0.2, 0.25) is 0 Å². The minimum absolute atomic E-state index is 0.486. The summed E-state index contributed by atoms with van der Waals surface area (Å²) >= 11 is 0. The number of carboxylic acid groups (broad SMARTS) is 1. The second-order valence-electron chi connectivity index (χ2n) is 3.91. The van der Waals surface area contributed by atoms with Crippen molar-refractivity contribution in [1.82, 2.24) is 0 Å². The zero-order valence-corrected chi connectivity index (χ0v) is 9.16. The van der Waals surface area contributed by atoms with Crippen LogP contribution in [0.2, 0.25) is 0 Å². The van der Waals surface area contributed by atoms with Gasteiger partial charge in [0.1, 0.15) is 6.04 Å². The van der Waals surface area contributed by atoms with E-state index in [1.54, 1.807) is 0 Å². The third-order valence-electron chi connectivity index (χ3n) is 2.55. The van der Waals surface area contributed by atoms with Gasteiger partial charge in [0.05, 0.1) is 0 Å². The van der Waals surface area contributed by atoms with Crippen LogP contribution < -0.4 is 5.73 Å². The molecule has 1 atom stereocenters. The van der Waals surface area contributed by atoms with Gasteiger partial charge in [-0.1, -0.05) is 23.8 Å². The van der Waals surface area contributed by atoms with Crippen LogP contribution in [0.1, 0.15) is 23.1 Å². The summed E-state index contributed by atoms with van der Waals surface area (Å²) in [6.07, 6.45) is 1.21. The Balaban J connectivity index is 2.65. The molecule has 15 heavy (non-hydrogen) atoms. The molecule has 3 nitrogen and oxygen atoms in total. The summed E-state index contributed by atoms with van der Waals surface area (Å²) in [6, 6.07) is 5.43. The van der Waals surface area contributed by atoms with Crippen LogP contribution in [0.25, 0.3) is 0 Å². The summed E-state index contributed by atoms with van der Waals surface area (Å²) in [4.78, 5) is 10.5. The van der Waals surface area contributed by atoms with Gasteiger partial charge < -0.3 is 10.8 Å². The van der Waals surface area contributed by atoms with Crippen molar-refractivity contribution in [3.63, 3.8) is 0 Å². The van der Waals surface area contributed by atoms with Crippen LogP contribution in [0.4, 0.5) is 0 Å². The highest BCUT2D eigenvalue weighted by Gasteiger charge is 2.11. The molecule has 0 spiro atoms.